The fourth-order valence-electron chi connectivity index (χ4n) is 2.06. The Bertz CT molecular complexity index is 458. The van der Waals surface area contributed by atoms with Crippen molar-refractivity contribution in [1.29, 1.82) is 0 Å². The zero-order valence-corrected chi connectivity index (χ0v) is 11.9. The van der Waals surface area contributed by atoms with Gasteiger partial charge in [0.25, 0.3) is 5.91 Å². The lowest BCUT2D eigenvalue weighted by Crippen LogP contribution is -2.37. The molecule has 1 aliphatic rings. The first-order valence-corrected chi connectivity index (χ1v) is 7.34. The maximum absolute atomic E-state index is 12.1. The normalized spacial score (nSPS) is 23.0. The van der Waals surface area contributed by atoms with Crippen LogP contribution in [0, 0.1) is 0 Å². The van der Waals surface area contributed by atoms with Crippen LogP contribution in [0.25, 0.3) is 0 Å². The molecule has 3 nitrogen and oxygen atoms in total. The second kappa shape index (κ2) is 5.41. The van der Waals surface area contributed by atoms with Gasteiger partial charge >= 0.3 is 0 Å². The molecule has 0 aliphatic carbocycles. The molecule has 1 aliphatic heterocycles. The quantitative estimate of drug-likeness (QED) is 0.839. The molecule has 0 spiro atoms. The number of thioether (sulfide) groups is 1. The molecule has 1 aromatic rings. The molecule has 0 saturated carbocycles. The first-order chi connectivity index (χ1) is 8.50. The molecule has 1 atom stereocenters. The van der Waals surface area contributed by atoms with Gasteiger partial charge in [-0.05, 0) is 43.7 Å². The third-order valence-corrected chi connectivity index (χ3v) is 4.96. The standard InChI is InChI=1S/C13H17ClN2OS/c1-13(5-2-6-18-13)8-16-12(17)10-7-9(14)3-4-11(10)15/h3-4,7H,2,5-6,8,15H2,1H3,(H,16,17). The Morgan fingerprint density at radius 3 is 3.06 bits per heavy atom. The van der Waals surface area contributed by atoms with Crippen molar-refractivity contribution in [3.8, 4) is 0 Å². The van der Waals surface area contributed by atoms with E-state index in [1.165, 1.54) is 12.2 Å². The number of carbonyl (C=O) groups excluding carboxylic acids is 1. The molecule has 1 aromatic carbocycles. The van der Waals surface area contributed by atoms with E-state index in [-0.39, 0.29) is 10.7 Å². The van der Waals surface area contributed by atoms with Gasteiger partial charge in [0.05, 0.1) is 5.56 Å². The SMILES string of the molecule is CC1(CNC(=O)c2cc(Cl)ccc2N)CCCS1. The van der Waals surface area contributed by atoms with Crippen molar-refractivity contribution in [2.45, 2.75) is 24.5 Å². The summed E-state index contributed by atoms with van der Waals surface area (Å²) in [6.07, 6.45) is 2.36. The number of anilines is 1. The van der Waals surface area contributed by atoms with Crippen molar-refractivity contribution in [3.05, 3.63) is 28.8 Å². The van der Waals surface area contributed by atoms with E-state index < -0.39 is 0 Å². The zero-order chi connectivity index (χ0) is 13.2. The van der Waals surface area contributed by atoms with E-state index in [1.54, 1.807) is 18.2 Å². The number of benzene rings is 1. The number of amides is 1. The van der Waals surface area contributed by atoms with E-state index in [9.17, 15) is 4.79 Å². The third-order valence-electron chi connectivity index (χ3n) is 3.18. The number of nitrogen functional groups attached to an aromatic ring is 1. The minimum Gasteiger partial charge on any atom is -0.398 e. The molecule has 0 bridgehead atoms. The maximum atomic E-state index is 12.1. The third kappa shape index (κ3) is 3.12. The van der Waals surface area contributed by atoms with Crippen LogP contribution in [0.1, 0.15) is 30.1 Å². The summed E-state index contributed by atoms with van der Waals surface area (Å²) in [6.45, 7) is 2.86. The van der Waals surface area contributed by atoms with Crippen LogP contribution < -0.4 is 11.1 Å². The van der Waals surface area contributed by atoms with Crippen molar-refractivity contribution in [3.63, 3.8) is 0 Å². The average Bonchev–Trinajstić information content (AvgIpc) is 2.77. The van der Waals surface area contributed by atoms with Crippen LogP contribution >= 0.6 is 23.4 Å². The van der Waals surface area contributed by atoms with E-state index in [2.05, 4.69) is 12.2 Å². The van der Waals surface area contributed by atoms with Crippen molar-refractivity contribution < 1.29 is 4.79 Å². The summed E-state index contributed by atoms with van der Waals surface area (Å²) in [5.41, 5.74) is 6.69. The Balaban J connectivity index is 2.01. The highest BCUT2D eigenvalue weighted by atomic mass is 35.5. The number of rotatable bonds is 3. The number of nitrogens with two attached hydrogens (primary N) is 1. The number of hydrogen-bond donors (Lipinski definition) is 2. The average molecular weight is 285 g/mol. The Hall–Kier alpha value is -0.870. The van der Waals surface area contributed by atoms with E-state index in [0.717, 1.165) is 6.42 Å². The predicted molar refractivity (Wildman–Crippen MR) is 78.3 cm³/mol. The second-order valence-electron chi connectivity index (χ2n) is 4.82. The summed E-state index contributed by atoms with van der Waals surface area (Å²) < 4.78 is 0.156. The molecule has 1 amide bonds. The Morgan fingerprint density at radius 2 is 2.39 bits per heavy atom. The first kappa shape index (κ1) is 13.6. The van der Waals surface area contributed by atoms with Crippen molar-refractivity contribution in [1.82, 2.24) is 5.32 Å². The molecule has 1 heterocycles. The summed E-state index contributed by atoms with van der Waals surface area (Å²) in [6, 6.07) is 4.95. The maximum Gasteiger partial charge on any atom is 0.253 e. The highest BCUT2D eigenvalue weighted by Crippen LogP contribution is 2.37. The van der Waals surface area contributed by atoms with Crippen LogP contribution in [0.2, 0.25) is 5.02 Å². The molecule has 1 saturated heterocycles. The van der Waals surface area contributed by atoms with Crippen LogP contribution in [0.4, 0.5) is 5.69 Å². The van der Waals surface area contributed by atoms with Gasteiger partial charge in [0.1, 0.15) is 0 Å². The second-order valence-corrected chi connectivity index (χ2v) is 6.94. The molecule has 2 rings (SSSR count). The molecule has 0 radical (unpaired) electrons. The van der Waals surface area contributed by atoms with Crippen molar-refractivity contribution in [2.24, 2.45) is 0 Å². The summed E-state index contributed by atoms with van der Waals surface area (Å²) in [5.74, 6) is 1.02. The van der Waals surface area contributed by atoms with E-state index in [4.69, 9.17) is 17.3 Å². The summed E-state index contributed by atoms with van der Waals surface area (Å²) >= 11 is 7.79. The molecule has 1 fully saturated rings. The van der Waals surface area contributed by atoms with Gasteiger partial charge in [0.15, 0.2) is 0 Å². The molecule has 1 unspecified atom stereocenters. The smallest absolute Gasteiger partial charge is 0.253 e. The molecular weight excluding hydrogens is 268 g/mol. The van der Waals surface area contributed by atoms with Crippen LogP contribution in [-0.2, 0) is 0 Å². The van der Waals surface area contributed by atoms with Crippen molar-refractivity contribution in [2.75, 3.05) is 18.0 Å². The first-order valence-electron chi connectivity index (χ1n) is 5.97. The minimum atomic E-state index is -0.149. The lowest BCUT2D eigenvalue weighted by molar-refractivity contribution is 0.0951. The Morgan fingerprint density at radius 1 is 1.61 bits per heavy atom. The molecule has 5 heteroatoms. The summed E-state index contributed by atoms with van der Waals surface area (Å²) in [7, 11) is 0. The molecular formula is C13H17ClN2OS. The topological polar surface area (TPSA) is 55.1 Å². The Kier molecular flexibility index (Phi) is 4.07. The number of hydrogen-bond acceptors (Lipinski definition) is 3. The van der Waals surface area contributed by atoms with Crippen LogP contribution in [0.5, 0.6) is 0 Å². The zero-order valence-electron chi connectivity index (χ0n) is 10.3. The minimum absolute atomic E-state index is 0.149. The lowest BCUT2D eigenvalue weighted by atomic mass is 10.1. The highest BCUT2D eigenvalue weighted by Gasteiger charge is 2.29. The van der Waals surface area contributed by atoms with E-state index in [0.29, 0.717) is 22.8 Å². The number of halogens is 1. The van der Waals surface area contributed by atoms with Crippen LogP contribution in [0.15, 0.2) is 18.2 Å². The predicted octanol–water partition coefficient (Wildman–Crippen LogP) is 2.94. The molecule has 98 valence electrons. The fourth-order valence-corrected chi connectivity index (χ4v) is 3.48. The van der Waals surface area contributed by atoms with Crippen LogP contribution in [0.3, 0.4) is 0 Å². The lowest BCUT2D eigenvalue weighted by Gasteiger charge is -2.23. The van der Waals surface area contributed by atoms with Gasteiger partial charge in [-0.1, -0.05) is 11.6 Å². The summed E-state index contributed by atoms with van der Waals surface area (Å²) in [4.78, 5) is 12.1. The molecule has 18 heavy (non-hydrogen) atoms. The summed E-state index contributed by atoms with van der Waals surface area (Å²) in [5, 5.41) is 3.47. The monoisotopic (exact) mass is 284 g/mol. The van der Waals surface area contributed by atoms with Gasteiger partial charge in [-0.2, -0.15) is 11.8 Å². The van der Waals surface area contributed by atoms with E-state index >= 15 is 0 Å². The van der Waals surface area contributed by atoms with Gasteiger partial charge in [-0.15, -0.1) is 0 Å². The molecule has 3 N–H and O–H groups in total. The number of carbonyl (C=O) groups is 1. The van der Waals surface area contributed by atoms with Gasteiger partial charge in [-0.25, -0.2) is 0 Å². The highest BCUT2D eigenvalue weighted by molar-refractivity contribution is 8.00. The fraction of sp³-hybridized carbons (Fsp3) is 0.462. The number of nitrogens with one attached hydrogen (secondary N) is 1. The largest absolute Gasteiger partial charge is 0.398 e. The van der Waals surface area contributed by atoms with E-state index in [1.807, 2.05) is 11.8 Å². The van der Waals surface area contributed by atoms with Crippen molar-refractivity contribution >= 4 is 35.0 Å². The van der Waals surface area contributed by atoms with Gasteiger partial charge in [-0.3, -0.25) is 4.79 Å². The Labute approximate surface area is 116 Å². The van der Waals surface area contributed by atoms with Gasteiger partial charge < -0.3 is 11.1 Å². The van der Waals surface area contributed by atoms with Gasteiger partial charge in [0.2, 0.25) is 0 Å². The van der Waals surface area contributed by atoms with Gasteiger partial charge in [0, 0.05) is 22.0 Å². The molecule has 0 aromatic heterocycles. The van der Waals surface area contributed by atoms with Crippen LogP contribution in [-0.4, -0.2) is 23.0 Å².